The molecule has 182 valence electrons. The maximum atomic E-state index is 13.4. The molecular formula is C25H30FN3O5. The molecular weight excluding hydrogens is 441 g/mol. The molecule has 0 unspecified atom stereocenters. The van der Waals surface area contributed by atoms with Crippen LogP contribution in [0.5, 0.6) is 17.2 Å². The van der Waals surface area contributed by atoms with Crippen LogP contribution in [0.3, 0.4) is 0 Å². The van der Waals surface area contributed by atoms with Crippen LogP contribution in [0.4, 0.5) is 4.39 Å². The number of β-amino-alcohol motifs (C(OH)–C–C–N with tert-alkyl or cyclic N) is 1. The average molecular weight is 472 g/mol. The minimum Gasteiger partial charge on any atom is -0.493 e. The zero-order valence-corrected chi connectivity index (χ0v) is 19.2. The molecule has 2 heterocycles. The van der Waals surface area contributed by atoms with E-state index in [-0.39, 0.29) is 19.0 Å². The SMILES string of the molecule is COc1ccc(CN2CCOC[C@@](O)(COc3cccc(F)c3)C2)cc1OCCn1ccnc1. The highest BCUT2D eigenvalue weighted by Gasteiger charge is 2.33. The molecule has 0 aliphatic carbocycles. The summed E-state index contributed by atoms with van der Waals surface area (Å²) in [4.78, 5) is 6.15. The fourth-order valence-corrected chi connectivity index (χ4v) is 3.86. The highest BCUT2D eigenvalue weighted by atomic mass is 19.1. The van der Waals surface area contributed by atoms with Gasteiger partial charge >= 0.3 is 0 Å². The highest BCUT2D eigenvalue weighted by Crippen LogP contribution is 2.29. The van der Waals surface area contributed by atoms with Gasteiger partial charge in [-0.25, -0.2) is 9.37 Å². The Hall–Kier alpha value is -3.14. The van der Waals surface area contributed by atoms with Gasteiger partial charge in [-0.15, -0.1) is 0 Å². The van der Waals surface area contributed by atoms with E-state index in [2.05, 4.69) is 9.88 Å². The minimum atomic E-state index is -1.22. The first-order valence-corrected chi connectivity index (χ1v) is 11.2. The lowest BCUT2D eigenvalue weighted by atomic mass is 10.1. The van der Waals surface area contributed by atoms with Gasteiger partial charge in [-0.3, -0.25) is 4.90 Å². The van der Waals surface area contributed by atoms with Crippen LogP contribution in [0.25, 0.3) is 0 Å². The molecule has 1 fully saturated rings. The summed E-state index contributed by atoms with van der Waals surface area (Å²) in [6.45, 7) is 3.39. The molecule has 2 aromatic carbocycles. The fraction of sp³-hybridized carbons (Fsp3) is 0.400. The molecule has 0 bridgehead atoms. The monoisotopic (exact) mass is 471 g/mol. The van der Waals surface area contributed by atoms with Crippen molar-refractivity contribution in [3.8, 4) is 17.2 Å². The number of hydrogen-bond donors (Lipinski definition) is 1. The van der Waals surface area contributed by atoms with Crippen molar-refractivity contribution in [3.63, 3.8) is 0 Å². The molecule has 0 saturated carbocycles. The standard InChI is InChI=1S/C25H30FN3O5/c1-31-23-6-5-20(13-24(23)33-12-10-28-8-7-27-19-28)15-29-9-11-32-17-25(30,16-29)18-34-22-4-2-3-21(26)14-22/h2-8,13-14,19,30H,9-12,15-18H2,1H3/t25-/m1/s1. The molecule has 0 spiro atoms. The van der Waals surface area contributed by atoms with Crippen molar-refractivity contribution in [2.75, 3.05) is 46.6 Å². The van der Waals surface area contributed by atoms with Gasteiger partial charge in [0.2, 0.25) is 0 Å². The number of rotatable bonds is 10. The first kappa shape index (κ1) is 24.0. The van der Waals surface area contributed by atoms with Gasteiger partial charge in [-0.1, -0.05) is 12.1 Å². The van der Waals surface area contributed by atoms with Crippen LogP contribution >= 0.6 is 0 Å². The summed E-state index contributed by atoms with van der Waals surface area (Å²) in [5.41, 5.74) is -0.201. The number of hydrogen-bond acceptors (Lipinski definition) is 7. The number of halogens is 1. The number of ether oxygens (including phenoxy) is 4. The predicted octanol–water partition coefficient (Wildman–Crippen LogP) is 2.75. The first-order chi connectivity index (χ1) is 16.5. The largest absolute Gasteiger partial charge is 0.493 e. The van der Waals surface area contributed by atoms with Crippen molar-refractivity contribution in [1.82, 2.24) is 14.5 Å². The van der Waals surface area contributed by atoms with Crippen LogP contribution in [0.15, 0.2) is 61.2 Å². The number of imidazole rings is 1. The molecule has 34 heavy (non-hydrogen) atoms. The molecule has 9 heteroatoms. The maximum Gasteiger partial charge on any atom is 0.161 e. The molecule has 1 atom stereocenters. The van der Waals surface area contributed by atoms with E-state index in [4.69, 9.17) is 18.9 Å². The van der Waals surface area contributed by atoms with Crippen LogP contribution < -0.4 is 14.2 Å². The van der Waals surface area contributed by atoms with Gasteiger partial charge in [0.1, 0.15) is 30.4 Å². The summed E-state index contributed by atoms with van der Waals surface area (Å²) in [6, 6.07) is 11.7. The first-order valence-electron chi connectivity index (χ1n) is 11.2. The van der Waals surface area contributed by atoms with E-state index in [1.54, 1.807) is 31.8 Å². The van der Waals surface area contributed by atoms with E-state index in [1.807, 2.05) is 29.0 Å². The Kier molecular flexibility index (Phi) is 7.99. The molecule has 1 aliphatic rings. The number of methoxy groups -OCH3 is 1. The summed E-state index contributed by atoms with van der Waals surface area (Å²) < 4.78 is 38.1. The van der Waals surface area contributed by atoms with Gasteiger partial charge in [0.25, 0.3) is 0 Å². The van der Waals surface area contributed by atoms with Gasteiger partial charge in [0, 0.05) is 38.1 Å². The summed E-state index contributed by atoms with van der Waals surface area (Å²) in [5, 5.41) is 11.1. The second kappa shape index (κ2) is 11.3. The van der Waals surface area contributed by atoms with Crippen LogP contribution in [-0.4, -0.2) is 71.8 Å². The van der Waals surface area contributed by atoms with Gasteiger partial charge in [0.05, 0.1) is 33.2 Å². The van der Waals surface area contributed by atoms with Crippen LogP contribution in [0.1, 0.15) is 5.56 Å². The Morgan fingerprint density at radius 1 is 1.18 bits per heavy atom. The molecule has 1 aliphatic heterocycles. The van der Waals surface area contributed by atoms with E-state index in [1.165, 1.54) is 12.1 Å². The smallest absolute Gasteiger partial charge is 0.161 e. The van der Waals surface area contributed by atoms with Crippen molar-refractivity contribution in [2.45, 2.75) is 18.7 Å². The topological polar surface area (TPSA) is 78.2 Å². The minimum absolute atomic E-state index is 0.00181. The molecule has 4 rings (SSSR count). The van der Waals surface area contributed by atoms with Gasteiger partial charge in [0.15, 0.2) is 11.5 Å². The molecule has 0 amide bonds. The van der Waals surface area contributed by atoms with E-state index >= 15 is 0 Å². The van der Waals surface area contributed by atoms with Crippen LogP contribution in [0, 0.1) is 5.82 Å². The molecule has 3 aromatic rings. The quantitative estimate of drug-likeness (QED) is 0.487. The molecule has 1 saturated heterocycles. The lowest BCUT2D eigenvalue weighted by molar-refractivity contribution is -0.0647. The highest BCUT2D eigenvalue weighted by molar-refractivity contribution is 5.43. The average Bonchev–Trinajstić information content (AvgIpc) is 3.27. The van der Waals surface area contributed by atoms with Crippen LogP contribution in [0.2, 0.25) is 0 Å². The van der Waals surface area contributed by atoms with Crippen molar-refractivity contribution in [2.24, 2.45) is 0 Å². The number of benzene rings is 2. The number of aromatic nitrogens is 2. The van der Waals surface area contributed by atoms with E-state index < -0.39 is 5.60 Å². The summed E-state index contributed by atoms with van der Waals surface area (Å²) >= 11 is 0. The van der Waals surface area contributed by atoms with E-state index in [0.29, 0.717) is 56.6 Å². The normalized spacial score (nSPS) is 18.9. The van der Waals surface area contributed by atoms with Gasteiger partial charge < -0.3 is 28.6 Å². The Morgan fingerprint density at radius 2 is 2.09 bits per heavy atom. The lowest BCUT2D eigenvalue weighted by Crippen LogP contribution is -2.48. The van der Waals surface area contributed by atoms with E-state index in [9.17, 15) is 9.50 Å². The second-order valence-electron chi connectivity index (χ2n) is 8.37. The molecule has 8 nitrogen and oxygen atoms in total. The predicted molar refractivity (Wildman–Crippen MR) is 124 cm³/mol. The third-order valence-electron chi connectivity index (χ3n) is 5.54. The summed E-state index contributed by atoms with van der Waals surface area (Å²) in [5.74, 6) is 1.31. The Morgan fingerprint density at radius 3 is 2.88 bits per heavy atom. The maximum absolute atomic E-state index is 13.4. The van der Waals surface area contributed by atoms with Crippen molar-refractivity contribution in [1.29, 1.82) is 0 Å². The van der Waals surface area contributed by atoms with Crippen LogP contribution in [-0.2, 0) is 17.8 Å². The second-order valence-corrected chi connectivity index (χ2v) is 8.37. The lowest BCUT2D eigenvalue weighted by Gasteiger charge is -2.30. The molecule has 1 aromatic heterocycles. The van der Waals surface area contributed by atoms with Crippen molar-refractivity contribution in [3.05, 3.63) is 72.6 Å². The third-order valence-corrected chi connectivity index (χ3v) is 5.54. The van der Waals surface area contributed by atoms with Gasteiger partial charge in [-0.2, -0.15) is 0 Å². The summed E-state index contributed by atoms with van der Waals surface area (Å²) in [6.07, 6.45) is 5.37. The van der Waals surface area contributed by atoms with E-state index in [0.717, 1.165) is 5.56 Å². The Labute approximate surface area is 198 Å². The Balaban J connectivity index is 1.38. The molecule has 1 N–H and O–H groups in total. The van der Waals surface area contributed by atoms with Crippen molar-refractivity contribution < 1.29 is 28.4 Å². The zero-order valence-electron chi connectivity index (χ0n) is 19.2. The number of aliphatic hydroxyl groups is 1. The van der Waals surface area contributed by atoms with Gasteiger partial charge in [-0.05, 0) is 29.8 Å². The Bertz CT molecular complexity index is 1050. The molecule has 0 radical (unpaired) electrons. The zero-order chi connectivity index (χ0) is 23.8. The van der Waals surface area contributed by atoms with Crippen molar-refractivity contribution >= 4 is 0 Å². The number of nitrogens with zero attached hydrogens (tertiary/aromatic N) is 3. The third kappa shape index (κ3) is 6.69. The summed E-state index contributed by atoms with van der Waals surface area (Å²) in [7, 11) is 1.61. The fourth-order valence-electron chi connectivity index (χ4n) is 3.86.